The Morgan fingerprint density at radius 2 is 1.95 bits per heavy atom. The first kappa shape index (κ1) is 24.7. The quantitative estimate of drug-likeness (QED) is 0.472. The molecule has 1 aliphatic carbocycles. The van der Waals surface area contributed by atoms with E-state index in [-0.39, 0.29) is 17.5 Å². The Morgan fingerprint density at radius 3 is 2.68 bits per heavy atom. The fourth-order valence-corrected chi connectivity index (χ4v) is 5.42. The van der Waals surface area contributed by atoms with Gasteiger partial charge in [-0.1, -0.05) is 18.2 Å². The van der Waals surface area contributed by atoms with E-state index in [1.807, 2.05) is 12.1 Å². The summed E-state index contributed by atoms with van der Waals surface area (Å²) in [6, 6.07) is 6.98. The largest absolute Gasteiger partial charge is 0.489 e. The lowest BCUT2D eigenvalue weighted by atomic mass is 10.0. The number of aromatic nitrogens is 2. The maximum Gasteiger partial charge on any atom is 0.266 e. The third kappa shape index (κ3) is 4.27. The van der Waals surface area contributed by atoms with Crippen molar-refractivity contribution < 1.29 is 27.1 Å². The molecule has 1 N–H and O–H groups in total. The standard InChI is InChI=1S/C27H27F4N5O2/c1-13(16-4-3-5-17(24(16)29)25(30)31)32-26-19-9-22-23(10-21(19)33-14(2)34-26)38-12-15-11-35(6-7-36(15)22)27(37)18-8-20(18)28/h3-5,9-10,13,15,18,20,25H,6-8,11-12H2,1-2H3,(H,32,33,34)/t13-,15-,18-,20-/m1/s1. The maximum absolute atomic E-state index is 14.8. The number of benzene rings is 2. The Morgan fingerprint density at radius 1 is 1.18 bits per heavy atom. The molecule has 7 nitrogen and oxygen atoms in total. The van der Waals surface area contributed by atoms with E-state index in [0.29, 0.717) is 61.0 Å². The van der Waals surface area contributed by atoms with E-state index in [4.69, 9.17) is 4.74 Å². The number of fused-ring (bicyclic) bond motifs is 4. The summed E-state index contributed by atoms with van der Waals surface area (Å²) in [7, 11) is 0. The molecule has 3 heterocycles. The number of nitrogens with one attached hydrogen (secondary N) is 1. The third-order valence-electron chi connectivity index (χ3n) is 7.57. The van der Waals surface area contributed by atoms with Gasteiger partial charge in [-0.25, -0.2) is 27.5 Å². The van der Waals surface area contributed by atoms with Crippen molar-refractivity contribution in [2.45, 2.75) is 44.9 Å². The number of amides is 1. The molecule has 0 bridgehead atoms. The van der Waals surface area contributed by atoms with Gasteiger partial charge in [0.2, 0.25) is 5.91 Å². The zero-order chi connectivity index (χ0) is 26.7. The highest BCUT2D eigenvalue weighted by atomic mass is 19.3. The average molecular weight is 530 g/mol. The average Bonchev–Trinajstić information content (AvgIpc) is 3.63. The molecular formula is C27H27F4N5O2. The number of ether oxygens (including phenoxy) is 1. The van der Waals surface area contributed by atoms with Crippen LogP contribution >= 0.6 is 0 Å². The Bertz CT molecular complexity index is 1420. The highest BCUT2D eigenvalue weighted by molar-refractivity contribution is 5.94. The summed E-state index contributed by atoms with van der Waals surface area (Å²) in [5.74, 6) is 0.0130. The molecule has 1 amide bonds. The molecule has 1 saturated heterocycles. The normalized spacial score (nSPS) is 23.1. The Hall–Kier alpha value is -3.63. The molecule has 3 aromatic rings. The second-order valence-electron chi connectivity index (χ2n) is 10.2. The summed E-state index contributed by atoms with van der Waals surface area (Å²) < 4.78 is 60.8. The second-order valence-corrected chi connectivity index (χ2v) is 10.2. The first-order valence-electron chi connectivity index (χ1n) is 12.7. The number of piperazine rings is 1. The molecule has 2 fully saturated rings. The van der Waals surface area contributed by atoms with E-state index in [9.17, 15) is 22.4 Å². The molecule has 2 aromatic carbocycles. The molecule has 11 heteroatoms. The SMILES string of the molecule is Cc1nc(N[C@H](C)c2cccc(C(F)F)c2F)c2cc3c(cc2n1)OC[C@H]1CN(C(=O)[C@@H]2C[C@H]2F)CCN31. The van der Waals surface area contributed by atoms with Gasteiger partial charge >= 0.3 is 0 Å². The lowest BCUT2D eigenvalue weighted by molar-refractivity contribution is -0.134. The zero-order valence-electron chi connectivity index (χ0n) is 20.9. The minimum absolute atomic E-state index is 0.0812. The van der Waals surface area contributed by atoms with Crippen LogP contribution in [0.2, 0.25) is 0 Å². The van der Waals surface area contributed by atoms with Crippen LogP contribution in [0.3, 0.4) is 0 Å². The summed E-state index contributed by atoms with van der Waals surface area (Å²) in [5, 5.41) is 3.86. The van der Waals surface area contributed by atoms with Crippen molar-refractivity contribution >= 4 is 28.3 Å². The minimum atomic E-state index is -2.91. The van der Waals surface area contributed by atoms with Gasteiger partial charge in [-0.05, 0) is 26.3 Å². The number of halogens is 4. The highest BCUT2D eigenvalue weighted by Gasteiger charge is 2.47. The Labute approximate surface area is 216 Å². The van der Waals surface area contributed by atoms with E-state index < -0.39 is 35.9 Å². The highest BCUT2D eigenvalue weighted by Crippen LogP contribution is 2.41. The molecule has 2 aliphatic heterocycles. The van der Waals surface area contributed by atoms with Crippen molar-refractivity contribution in [3.05, 3.63) is 53.1 Å². The molecule has 200 valence electrons. The van der Waals surface area contributed by atoms with Gasteiger partial charge in [0.05, 0.1) is 34.8 Å². The summed E-state index contributed by atoms with van der Waals surface area (Å²) in [6.45, 7) is 5.32. The summed E-state index contributed by atoms with van der Waals surface area (Å²) in [6.07, 6.45) is -3.64. The van der Waals surface area contributed by atoms with Gasteiger partial charge in [0.25, 0.3) is 6.43 Å². The first-order chi connectivity index (χ1) is 18.2. The molecule has 1 aromatic heterocycles. The Balaban J connectivity index is 1.30. The predicted octanol–water partition coefficient (Wildman–Crippen LogP) is 4.96. The number of carbonyl (C=O) groups excluding carboxylic acids is 1. The summed E-state index contributed by atoms with van der Waals surface area (Å²) in [5.41, 5.74) is 0.923. The molecule has 38 heavy (non-hydrogen) atoms. The van der Waals surface area contributed by atoms with Crippen molar-refractivity contribution in [1.29, 1.82) is 0 Å². The van der Waals surface area contributed by atoms with Crippen LogP contribution in [0, 0.1) is 18.7 Å². The number of rotatable bonds is 5. The van der Waals surface area contributed by atoms with Gasteiger partial charge in [-0.15, -0.1) is 0 Å². The third-order valence-corrected chi connectivity index (χ3v) is 7.57. The number of nitrogens with zero attached hydrogens (tertiary/aromatic N) is 4. The zero-order valence-corrected chi connectivity index (χ0v) is 20.9. The van der Waals surface area contributed by atoms with Crippen LogP contribution < -0.4 is 15.0 Å². The van der Waals surface area contributed by atoms with E-state index in [1.165, 1.54) is 12.1 Å². The van der Waals surface area contributed by atoms with Crippen molar-refractivity contribution in [3.63, 3.8) is 0 Å². The van der Waals surface area contributed by atoms with Crippen molar-refractivity contribution in [2.75, 3.05) is 36.5 Å². The first-order valence-corrected chi connectivity index (χ1v) is 12.7. The van der Waals surface area contributed by atoms with Gasteiger partial charge < -0.3 is 19.9 Å². The van der Waals surface area contributed by atoms with Crippen LogP contribution in [0.5, 0.6) is 5.75 Å². The molecular weight excluding hydrogens is 502 g/mol. The van der Waals surface area contributed by atoms with E-state index in [2.05, 4.69) is 20.2 Å². The van der Waals surface area contributed by atoms with Gasteiger partial charge in [-0.3, -0.25) is 4.79 Å². The summed E-state index contributed by atoms with van der Waals surface area (Å²) >= 11 is 0. The topological polar surface area (TPSA) is 70.6 Å². The van der Waals surface area contributed by atoms with Crippen molar-refractivity contribution in [3.8, 4) is 5.75 Å². The summed E-state index contributed by atoms with van der Waals surface area (Å²) in [4.78, 5) is 25.6. The number of alkyl halides is 3. The van der Waals surface area contributed by atoms with Crippen LogP contribution in [-0.2, 0) is 4.79 Å². The minimum Gasteiger partial charge on any atom is -0.489 e. The fourth-order valence-electron chi connectivity index (χ4n) is 5.42. The van der Waals surface area contributed by atoms with Gasteiger partial charge in [0.15, 0.2) is 0 Å². The molecule has 0 radical (unpaired) electrons. The van der Waals surface area contributed by atoms with E-state index in [1.54, 1.807) is 18.7 Å². The number of aryl methyl sites for hydroxylation is 1. The van der Waals surface area contributed by atoms with Gasteiger partial charge in [0, 0.05) is 36.7 Å². The van der Waals surface area contributed by atoms with Crippen molar-refractivity contribution in [2.24, 2.45) is 5.92 Å². The van der Waals surface area contributed by atoms with Crippen LogP contribution in [0.25, 0.3) is 10.9 Å². The molecule has 0 spiro atoms. The van der Waals surface area contributed by atoms with Gasteiger partial charge in [-0.2, -0.15) is 0 Å². The molecule has 1 saturated carbocycles. The van der Waals surface area contributed by atoms with E-state index in [0.717, 1.165) is 11.8 Å². The molecule has 3 aliphatic rings. The number of hydrogen-bond donors (Lipinski definition) is 1. The maximum atomic E-state index is 14.8. The number of carbonyl (C=O) groups is 1. The Kier molecular flexibility index (Phi) is 6.03. The molecule has 4 atom stereocenters. The smallest absolute Gasteiger partial charge is 0.266 e. The second kappa shape index (κ2) is 9.28. The lowest BCUT2D eigenvalue weighted by Crippen LogP contribution is -2.58. The lowest BCUT2D eigenvalue weighted by Gasteiger charge is -2.45. The van der Waals surface area contributed by atoms with Gasteiger partial charge in [0.1, 0.15) is 36.0 Å². The predicted molar refractivity (Wildman–Crippen MR) is 134 cm³/mol. The van der Waals surface area contributed by atoms with Crippen LogP contribution in [0.1, 0.15) is 42.8 Å². The number of hydrogen-bond acceptors (Lipinski definition) is 6. The fraction of sp³-hybridized carbons (Fsp3) is 0.444. The number of anilines is 2. The van der Waals surface area contributed by atoms with E-state index >= 15 is 0 Å². The van der Waals surface area contributed by atoms with Crippen LogP contribution in [0.15, 0.2) is 30.3 Å². The van der Waals surface area contributed by atoms with Crippen LogP contribution in [0.4, 0.5) is 29.1 Å². The monoisotopic (exact) mass is 529 g/mol. The van der Waals surface area contributed by atoms with Crippen molar-refractivity contribution in [1.82, 2.24) is 14.9 Å². The molecule has 0 unspecified atom stereocenters. The molecule has 6 rings (SSSR count). The van der Waals surface area contributed by atoms with Crippen LogP contribution in [-0.4, -0.2) is 59.2 Å².